The fourth-order valence-electron chi connectivity index (χ4n) is 1.54. The highest BCUT2D eigenvalue weighted by Crippen LogP contribution is 2.09. The van der Waals surface area contributed by atoms with Crippen molar-refractivity contribution in [2.75, 3.05) is 0 Å². The van der Waals surface area contributed by atoms with Crippen LogP contribution in [-0.4, -0.2) is 13.5 Å². The van der Waals surface area contributed by atoms with Gasteiger partial charge in [0, 0.05) is 18.5 Å². The van der Waals surface area contributed by atoms with Crippen molar-refractivity contribution in [3.05, 3.63) is 26.2 Å². The molecule has 0 fully saturated rings. The third kappa shape index (κ3) is 1.32. The van der Waals surface area contributed by atoms with Crippen LogP contribution in [0, 0.1) is 0 Å². The molecule has 2 heterocycles. The molecule has 0 aliphatic heterocycles. The SMILES string of the molecule is CC(C)n1c(=O)c2nscc2n(C)c1=O. The van der Waals surface area contributed by atoms with Crippen molar-refractivity contribution < 1.29 is 0 Å². The van der Waals surface area contributed by atoms with Gasteiger partial charge in [0.25, 0.3) is 5.56 Å². The van der Waals surface area contributed by atoms with Gasteiger partial charge in [-0.2, -0.15) is 4.37 Å². The normalized spacial score (nSPS) is 11.5. The Morgan fingerprint density at radius 1 is 1.40 bits per heavy atom. The van der Waals surface area contributed by atoms with Crippen molar-refractivity contribution in [1.82, 2.24) is 13.5 Å². The van der Waals surface area contributed by atoms with Crippen LogP contribution in [0.1, 0.15) is 19.9 Å². The molecule has 0 unspecified atom stereocenters. The van der Waals surface area contributed by atoms with Crippen molar-refractivity contribution in [2.24, 2.45) is 7.05 Å². The van der Waals surface area contributed by atoms with Crippen molar-refractivity contribution in [2.45, 2.75) is 19.9 Å². The topological polar surface area (TPSA) is 56.9 Å². The first kappa shape index (κ1) is 10.1. The summed E-state index contributed by atoms with van der Waals surface area (Å²) in [5.74, 6) is 0. The predicted octanol–water partition coefficient (Wildman–Crippen LogP) is 0.738. The zero-order chi connectivity index (χ0) is 11.2. The molecule has 0 atom stereocenters. The summed E-state index contributed by atoms with van der Waals surface area (Å²) in [7, 11) is 1.65. The van der Waals surface area contributed by atoms with Gasteiger partial charge in [-0.25, -0.2) is 4.79 Å². The largest absolute Gasteiger partial charge is 0.331 e. The van der Waals surface area contributed by atoms with Gasteiger partial charge in [-0.1, -0.05) is 0 Å². The van der Waals surface area contributed by atoms with Crippen LogP contribution in [0.3, 0.4) is 0 Å². The Morgan fingerprint density at radius 2 is 2.07 bits per heavy atom. The van der Waals surface area contributed by atoms with E-state index in [1.807, 2.05) is 0 Å². The van der Waals surface area contributed by atoms with Crippen LogP contribution in [0.2, 0.25) is 0 Å². The highest BCUT2D eigenvalue weighted by molar-refractivity contribution is 7.04. The van der Waals surface area contributed by atoms with E-state index >= 15 is 0 Å². The fourth-order valence-corrected chi connectivity index (χ4v) is 2.24. The van der Waals surface area contributed by atoms with Gasteiger partial charge < -0.3 is 0 Å². The Labute approximate surface area is 89.8 Å². The molecule has 0 saturated heterocycles. The van der Waals surface area contributed by atoms with E-state index < -0.39 is 0 Å². The first-order valence-electron chi connectivity index (χ1n) is 4.59. The maximum Gasteiger partial charge on any atom is 0.331 e. The van der Waals surface area contributed by atoms with Crippen molar-refractivity contribution >= 4 is 22.6 Å². The average molecular weight is 225 g/mol. The van der Waals surface area contributed by atoms with E-state index in [1.165, 1.54) is 20.7 Å². The molecule has 2 aromatic heterocycles. The van der Waals surface area contributed by atoms with Crippen LogP contribution in [-0.2, 0) is 7.05 Å². The minimum absolute atomic E-state index is 0.151. The van der Waals surface area contributed by atoms with E-state index in [0.29, 0.717) is 11.0 Å². The number of hydrogen-bond acceptors (Lipinski definition) is 4. The summed E-state index contributed by atoms with van der Waals surface area (Å²) < 4.78 is 6.69. The van der Waals surface area contributed by atoms with E-state index in [1.54, 1.807) is 26.3 Å². The minimum atomic E-state index is -0.302. The van der Waals surface area contributed by atoms with E-state index in [0.717, 1.165) is 0 Å². The molecule has 80 valence electrons. The second-order valence-corrected chi connectivity index (χ2v) is 4.29. The molecule has 0 aliphatic carbocycles. The van der Waals surface area contributed by atoms with Crippen molar-refractivity contribution in [1.29, 1.82) is 0 Å². The first-order valence-corrected chi connectivity index (χ1v) is 5.43. The number of fused-ring (bicyclic) bond motifs is 1. The van der Waals surface area contributed by atoms with Crippen LogP contribution >= 0.6 is 11.5 Å². The minimum Gasteiger partial charge on any atom is -0.294 e. The summed E-state index contributed by atoms with van der Waals surface area (Å²) in [6.45, 7) is 3.61. The lowest BCUT2D eigenvalue weighted by Gasteiger charge is -2.10. The van der Waals surface area contributed by atoms with Gasteiger partial charge in [-0.3, -0.25) is 13.9 Å². The van der Waals surface area contributed by atoms with Gasteiger partial charge >= 0.3 is 5.69 Å². The lowest BCUT2D eigenvalue weighted by Crippen LogP contribution is -2.39. The lowest BCUT2D eigenvalue weighted by atomic mass is 10.3. The second-order valence-electron chi connectivity index (χ2n) is 3.66. The summed E-state index contributed by atoms with van der Waals surface area (Å²) in [6, 6.07) is -0.151. The van der Waals surface area contributed by atoms with Crippen LogP contribution < -0.4 is 11.2 Å². The Bertz CT molecular complexity index is 620. The average Bonchev–Trinajstić information content (AvgIpc) is 2.62. The molecule has 15 heavy (non-hydrogen) atoms. The number of rotatable bonds is 1. The third-order valence-corrected chi connectivity index (χ3v) is 2.96. The summed E-state index contributed by atoms with van der Waals surface area (Å²) >= 11 is 1.19. The molecule has 0 spiro atoms. The Morgan fingerprint density at radius 3 is 2.67 bits per heavy atom. The lowest BCUT2D eigenvalue weighted by molar-refractivity contribution is 0.532. The van der Waals surface area contributed by atoms with Gasteiger partial charge in [-0.05, 0) is 25.4 Å². The quantitative estimate of drug-likeness (QED) is 0.719. The molecule has 0 aliphatic rings. The molecule has 5 nitrogen and oxygen atoms in total. The van der Waals surface area contributed by atoms with Crippen LogP contribution in [0.5, 0.6) is 0 Å². The molecular weight excluding hydrogens is 214 g/mol. The number of aromatic nitrogens is 3. The van der Waals surface area contributed by atoms with E-state index in [-0.39, 0.29) is 17.3 Å². The van der Waals surface area contributed by atoms with Crippen LogP contribution in [0.15, 0.2) is 15.0 Å². The molecule has 0 bridgehead atoms. The summed E-state index contributed by atoms with van der Waals surface area (Å²) in [6.07, 6.45) is 0. The predicted molar refractivity (Wildman–Crippen MR) is 59.5 cm³/mol. The molecule has 2 aromatic rings. The Balaban J connectivity index is 3.06. The number of aryl methyl sites for hydroxylation is 1. The van der Waals surface area contributed by atoms with Crippen molar-refractivity contribution in [3.63, 3.8) is 0 Å². The van der Waals surface area contributed by atoms with Gasteiger partial charge in [0.15, 0.2) is 5.52 Å². The monoisotopic (exact) mass is 225 g/mol. The third-order valence-electron chi connectivity index (χ3n) is 2.34. The maximum atomic E-state index is 11.9. The van der Waals surface area contributed by atoms with Crippen LogP contribution in [0.4, 0.5) is 0 Å². The van der Waals surface area contributed by atoms with Gasteiger partial charge in [0.1, 0.15) is 0 Å². The number of nitrogens with zero attached hydrogens (tertiary/aromatic N) is 3. The zero-order valence-electron chi connectivity index (χ0n) is 8.72. The molecule has 2 rings (SSSR count). The zero-order valence-corrected chi connectivity index (χ0v) is 9.54. The highest BCUT2D eigenvalue weighted by atomic mass is 32.1. The smallest absolute Gasteiger partial charge is 0.294 e. The second kappa shape index (κ2) is 3.30. The standard InChI is InChI=1S/C9H11N3O2S/c1-5(2)12-8(13)7-6(4-15-10-7)11(3)9(12)14/h4-5H,1-3H3. The van der Waals surface area contributed by atoms with E-state index in [9.17, 15) is 9.59 Å². The van der Waals surface area contributed by atoms with E-state index in [2.05, 4.69) is 4.37 Å². The molecule has 0 saturated carbocycles. The van der Waals surface area contributed by atoms with Crippen LogP contribution in [0.25, 0.3) is 11.0 Å². The number of hydrogen-bond donors (Lipinski definition) is 0. The van der Waals surface area contributed by atoms with Crippen molar-refractivity contribution in [3.8, 4) is 0 Å². The summed E-state index contributed by atoms with van der Waals surface area (Å²) in [5, 5.41) is 1.71. The molecule has 6 heteroatoms. The molecule has 0 N–H and O–H groups in total. The maximum absolute atomic E-state index is 11.9. The molecule has 0 radical (unpaired) electrons. The Kier molecular flexibility index (Phi) is 2.22. The fraction of sp³-hybridized carbons (Fsp3) is 0.444. The van der Waals surface area contributed by atoms with Gasteiger partial charge in [-0.15, -0.1) is 0 Å². The molecular formula is C9H11N3O2S. The molecule has 0 amide bonds. The van der Waals surface area contributed by atoms with Gasteiger partial charge in [0.2, 0.25) is 0 Å². The summed E-state index contributed by atoms with van der Waals surface area (Å²) in [4.78, 5) is 23.7. The Hall–Kier alpha value is -1.43. The molecule has 0 aromatic carbocycles. The first-order chi connectivity index (χ1) is 7.04. The summed E-state index contributed by atoms with van der Waals surface area (Å²) in [5.41, 5.74) is 0.384. The van der Waals surface area contributed by atoms with Gasteiger partial charge in [0.05, 0.1) is 5.52 Å². The highest BCUT2D eigenvalue weighted by Gasteiger charge is 2.14. The van der Waals surface area contributed by atoms with E-state index in [4.69, 9.17) is 0 Å².